The Morgan fingerprint density at radius 2 is 1.84 bits per heavy atom. The van der Waals surface area contributed by atoms with E-state index in [0.29, 0.717) is 6.04 Å². The molecule has 3 aromatic rings. The van der Waals surface area contributed by atoms with Crippen LogP contribution in [0.1, 0.15) is 30.2 Å². The zero-order valence-electron chi connectivity index (χ0n) is 14.8. The normalized spacial score (nSPS) is 12.3. The molecule has 0 fully saturated rings. The van der Waals surface area contributed by atoms with Crippen LogP contribution in [0.15, 0.2) is 65.1 Å². The second-order valence-corrected chi connectivity index (χ2v) is 6.94. The predicted octanol–water partition coefficient (Wildman–Crippen LogP) is 6.02. The van der Waals surface area contributed by atoms with E-state index in [1.807, 2.05) is 37.3 Å². The average molecular weight is 354 g/mol. The molecule has 0 saturated carbocycles. The molecule has 25 heavy (non-hydrogen) atoms. The van der Waals surface area contributed by atoms with E-state index in [9.17, 15) is 0 Å². The zero-order valence-corrected chi connectivity index (χ0v) is 15.5. The Hall–Kier alpha value is -2.03. The maximum atomic E-state index is 6.20. The number of aryl methyl sites for hydroxylation is 2. The minimum atomic E-state index is 0.433. The molecule has 0 aliphatic heterocycles. The highest BCUT2D eigenvalue weighted by Gasteiger charge is 2.08. The third-order valence-electron chi connectivity index (χ3n) is 4.45. The fourth-order valence-corrected chi connectivity index (χ4v) is 2.96. The van der Waals surface area contributed by atoms with Gasteiger partial charge in [0, 0.05) is 16.6 Å². The number of furan rings is 1. The molecule has 1 N–H and O–H groups in total. The van der Waals surface area contributed by atoms with Crippen molar-refractivity contribution in [2.75, 3.05) is 0 Å². The molecule has 0 spiro atoms. The zero-order chi connectivity index (χ0) is 17.6. The molecular formula is C22H24ClNO. The summed E-state index contributed by atoms with van der Waals surface area (Å²) in [6, 6.07) is 21.1. The molecule has 0 bridgehead atoms. The molecule has 2 nitrogen and oxygen atoms in total. The highest BCUT2D eigenvalue weighted by Crippen LogP contribution is 2.26. The van der Waals surface area contributed by atoms with Gasteiger partial charge in [-0.1, -0.05) is 54.1 Å². The lowest BCUT2D eigenvalue weighted by atomic mass is 10.1. The topological polar surface area (TPSA) is 25.2 Å². The Balaban J connectivity index is 1.52. The summed E-state index contributed by atoms with van der Waals surface area (Å²) >= 11 is 6.20. The van der Waals surface area contributed by atoms with Crippen LogP contribution in [0.4, 0.5) is 0 Å². The van der Waals surface area contributed by atoms with E-state index >= 15 is 0 Å². The van der Waals surface area contributed by atoms with Gasteiger partial charge in [0.15, 0.2) is 0 Å². The summed E-state index contributed by atoms with van der Waals surface area (Å²) in [4.78, 5) is 0. The summed E-state index contributed by atoms with van der Waals surface area (Å²) in [6.07, 6.45) is 2.19. The first-order chi connectivity index (χ1) is 12.1. The maximum absolute atomic E-state index is 6.20. The first-order valence-corrected chi connectivity index (χ1v) is 9.12. The van der Waals surface area contributed by atoms with Crippen LogP contribution in [0, 0.1) is 6.92 Å². The maximum Gasteiger partial charge on any atom is 0.134 e. The number of benzene rings is 2. The number of hydrogen-bond acceptors (Lipinski definition) is 2. The lowest BCUT2D eigenvalue weighted by molar-refractivity contribution is 0.449. The van der Waals surface area contributed by atoms with Crippen LogP contribution in [0.2, 0.25) is 5.02 Å². The van der Waals surface area contributed by atoms with Gasteiger partial charge in [-0.25, -0.2) is 0 Å². The van der Waals surface area contributed by atoms with Gasteiger partial charge in [-0.2, -0.15) is 0 Å². The molecule has 0 aliphatic carbocycles. The molecule has 1 atom stereocenters. The van der Waals surface area contributed by atoms with Gasteiger partial charge in [0.1, 0.15) is 11.5 Å². The van der Waals surface area contributed by atoms with E-state index < -0.39 is 0 Å². The summed E-state index contributed by atoms with van der Waals surface area (Å²) in [5, 5.41) is 4.30. The molecule has 1 unspecified atom stereocenters. The lowest BCUT2D eigenvalue weighted by Crippen LogP contribution is -2.25. The second kappa shape index (κ2) is 8.37. The second-order valence-electron chi connectivity index (χ2n) is 6.54. The molecule has 0 amide bonds. The Morgan fingerprint density at radius 1 is 1.04 bits per heavy atom. The minimum absolute atomic E-state index is 0.433. The van der Waals surface area contributed by atoms with Gasteiger partial charge >= 0.3 is 0 Å². The molecule has 0 saturated heterocycles. The average Bonchev–Trinajstić information content (AvgIpc) is 3.10. The van der Waals surface area contributed by atoms with Crippen molar-refractivity contribution in [2.45, 2.75) is 39.3 Å². The summed E-state index contributed by atoms with van der Waals surface area (Å²) < 4.78 is 5.96. The van der Waals surface area contributed by atoms with Crippen molar-refractivity contribution in [3.8, 4) is 11.3 Å². The van der Waals surface area contributed by atoms with Gasteiger partial charge in [-0.3, -0.25) is 0 Å². The Morgan fingerprint density at radius 3 is 2.60 bits per heavy atom. The smallest absolute Gasteiger partial charge is 0.134 e. The molecule has 0 aliphatic rings. The SMILES string of the molecule is Cc1ccc(-c2ccc(CNC(C)CCc3ccccc3)o2)cc1Cl. The van der Waals surface area contributed by atoms with Gasteiger partial charge in [0.25, 0.3) is 0 Å². The Labute approximate surface area is 154 Å². The number of nitrogens with one attached hydrogen (secondary N) is 1. The van der Waals surface area contributed by atoms with Crippen molar-refractivity contribution in [3.63, 3.8) is 0 Å². The molecule has 0 radical (unpaired) electrons. The largest absolute Gasteiger partial charge is 0.460 e. The third-order valence-corrected chi connectivity index (χ3v) is 4.86. The van der Waals surface area contributed by atoms with E-state index in [-0.39, 0.29) is 0 Å². The molecule has 3 rings (SSSR count). The highest BCUT2D eigenvalue weighted by atomic mass is 35.5. The highest BCUT2D eigenvalue weighted by molar-refractivity contribution is 6.31. The van der Waals surface area contributed by atoms with Crippen molar-refractivity contribution in [2.24, 2.45) is 0 Å². The van der Waals surface area contributed by atoms with Crippen LogP contribution in [-0.2, 0) is 13.0 Å². The molecular weight excluding hydrogens is 330 g/mol. The van der Waals surface area contributed by atoms with E-state index in [0.717, 1.165) is 47.1 Å². The number of halogens is 1. The predicted molar refractivity (Wildman–Crippen MR) is 105 cm³/mol. The summed E-state index contributed by atoms with van der Waals surface area (Å²) in [7, 11) is 0. The molecule has 1 heterocycles. The van der Waals surface area contributed by atoms with Crippen LogP contribution < -0.4 is 5.32 Å². The Bertz CT molecular complexity index is 810. The molecule has 3 heteroatoms. The number of rotatable bonds is 7. The van der Waals surface area contributed by atoms with Gasteiger partial charge < -0.3 is 9.73 Å². The van der Waals surface area contributed by atoms with Crippen molar-refractivity contribution in [1.29, 1.82) is 0 Å². The quantitative estimate of drug-likeness (QED) is 0.561. The van der Waals surface area contributed by atoms with Crippen LogP contribution in [0.25, 0.3) is 11.3 Å². The van der Waals surface area contributed by atoms with Crippen LogP contribution in [-0.4, -0.2) is 6.04 Å². The lowest BCUT2D eigenvalue weighted by Gasteiger charge is -2.12. The van der Waals surface area contributed by atoms with E-state index in [1.165, 1.54) is 5.56 Å². The van der Waals surface area contributed by atoms with Crippen molar-refractivity contribution in [3.05, 3.63) is 82.6 Å². The van der Waals surface area contributed by atoms with Gasteiger partial charge in [0.2, 0.25) is 0 Å². The van der Waals surface area contributed by atoms with Gasteiger partial charge in [-0.15, -0.1) is 0 Å². The summed E-state index contributed by atoms with van der Waals surface area (Å²) in [6.45, 7) is 4.95. The first kappa shape index (κ1) is 17.8. The first-order valence-electron chi connectivity index (χ1n) is 8.74. The fraction of sp³-hybridized carbons (Fsp3) is 0.273. The van der Waals surface area contributed by atoms with Crippen LogP contribution in [0.5, 0.6) is 0 Å². The van der Waals surface area contributed by atoms with Crippen LogP contribution >= 0.6 is 11.6 Å². The van der Waals surface area contributed by atoms with Crippen molar-refractivity contribution < 1.29 is 4.42 Å². The third kappa shape index (κ3) is 4.97. The summed E-state index contributed by atoms with van der Waals surface area (Å²) in [5.74, 6) is 1.80. The van der Waals surface area contributed by atoms with Gasteiger partial charge in [-0.05, 0) is 56.0 Å². The van der Waals surface area contributed by atoms with E-state index in [1.54, 1.807) is 0 Å². The van der Waals surface area contributed by atoms with Crippen LogP contribution in [0.3, 0.4) is 0 Å². The summed E-state index contributed by atoms with van der Waals surface area (Å²) in [5.41, 5.74) is 3.47. The molecule has 2 aromatic carbocycles. The molecule has 1 aromatic heterocycles. The van der Waals surface area contributed by atoms with Crippen molar-refractivity contribution >= 4 is 11.6 Å². The fourth-order valence-electron chi connectivity index (χ4n) is 2.78. The minimum Gasteiger partial charge on any atom is -0.460 e. The molecule has 130 valence electrons. The van der Waals surface area contributed by atoms with E-state index in [4.69, 9.17) is 16.0 Å². The van der Waals surface area contributed by atoms with Crippen molar-refractivity contribution in [1.82, 2.24) is 5.32 Å². The number of hydrogen-bond donors (Lipinski definition) is 1. The standard InChI is InChI=1S/C22H24ClNO/c1-16-8-11-19(14-21(16)23)22-13-12-20(25-22)15-24-17(2)9-10-18-6-4-3-5-7-18/h3-8,11-14,17,24H,9-10,15H2,1-2H3. The Kier molecular flexibility index (Phi) is 5.95. The van der Waals surface area contributed by atoms with E-state index in [2.05, 4.69) is 42.6 Å². The van der Waals surface area contributed by atoms with Gasteiger partial charge in [0.05, 0.1) is 6.54 Å². The monoisotopic (exact) mass is 353 g/mol.